The highest BCUT2D eigenvalue weighted by atomic mass is 35.5. The van der Waals surface area contributed by atoms with Crippen molar-refractivity contribution in [3.63, 3.8) is 0 Å². The Balaban J connectivity index is 1.29. The van der Waals surface area contributed by atoms with Gasteiger partial charge in [-0.15, -0.1) is 6.58 Å². The average Bonchev–Trinajstić information content (AvgIpc) is 3.36. The minimum atomic E-state index is -1.46. The van der Waals surface area contributed by atoms with Crippen molar-refractivity contribution >= 4 is 46.4 Å². The fourth-order valence-electron chi connectivity index (χ4n) is 7.63. The van der Waals surface area contributed by atoms with Crippen LogP contribution in [0, 0.1) is 5.92 Å². The number of aromatic nitrogens is 1. The fraction of sp³-hybridized carbons (Fsp3) is 0.541. The maximum Gasteiger partial charge on any atom is 0.407 e. The lowest BCUT2D eigenvalue weighted by Crippen LogP contribution is -2.53. The van der Waals surface area contributed by atoms with Crippen molar-refractivity contribution in [2.75, 3.05) is 13.7 Å². The molecular weight excluding hydrogens is 680 g/mol. The van der Waals surface area contributed by atoms with Gasteiger partial charge in [-0.25, -0.2) is 9.59 Å². The van der Waals surface area contributed by atoms with Crippen LogP contribution in [0.25, 0.3) is 10.9 Å². The third kappa shape index (κ3) is 7.73. The summed E-state index contributed by atoms with van der Waals surface area (Å²) in [6, 6.07) is 3.12. The van der Waals surface area contributed by atoms with Gasteiger partial charge in [0.1, 0.15) is 40.3 Å². The minimum absolute atomic E-state index is 0.0132. The van der Waals surface area contributed by atoms with Crippen LogP contribution in [0.4, 0.5) is 4.79 Å². The van der Waals surface area contributed by atoms with Gasteiger partial charge in [-0.2, -0.15) is 0 Å². The molecule has 0 radical (unpaired) electrons. The van der Waals surface area contributed by atoms with E-state index < -0.39 is 53.2 Å². The molecule has 2 aromatic rings. The van der Waals surface area contributed by atoms with E-state index in [1.807, 2.05) is 12.2 Å². The maximum atomic E-state index is 14.1. The molecule has 2 aliphatic heterocycles. The Morgan fingerprint density at radius 1 is 1.12 bits per heavy atom. The number of nitrogens with zero attached hydrogens (tertiary/aromatic N) is 2. The Morgan fingerprint density at radius 2 is 1.88 bits per heavy atom. The molecule has 14 heteroatoms. The van der Waals surface area contributed by atoms with Gasteiger partial charge in [0.25, 0.3) is 5.56 Å². The molecule has 1 aromatic carbocycles. The highest BCUT2D eigenvalue weighted by molar-refractivity contribution is 6.36. The van der Waals surface area contributed by atoms with E-state index in [2.05, 4.69) is 17.2 Å². The average molecular weight is 725 g/mol. The second-order valence-corrected chi connectivity index (χ2v) is 14.3. The molecule has 3 amide bonds. The third-order valence-electron chi connectivity index (χ3n) is 10.5. The molecular formula is C37H45ClN4O9. The minimum Gasteiger partial charge on any atom is -0.495 e. The number of amides is 3. The van der Waals surface area contributed by atoms with Crippen molar-refractivity contribution in [1.29, 1.82) is 0 Å². The number of carbonyl (C=O) groups is 4. The van der Waals surface area contributed by atoms with Gasteiger partial charge in [-0.05, 0) is 63.5 Å². The van der Waals surface area contributed by atoms with E-state index in [-0.39, 0.29) is 55.1 Å². The largest absolute Gasteiger partial charge is 0.495 e. The molecule has 3 heterocycles. The first-order valence-electron chi connectivity index (χ1n) is 17.7. The number of aliphatic carboxylic acids is 1. The number of fused-ring (bicyclic) bond motifs is 3. The second kappa shape index (κ2) is 15.4. The number of methoxy groups -OCH3 is 1. The van der Waals surface area contributed by atoms with E-state index in [4.69, 9.17) is 25.8 Å². The SMILES string of the molecule is C=CCn1c(=O)cc(O[C@@H]2C[C@H]3C(=O)N[C@]4(C(=O)O)C[C@@H]4/C=C\CCCC[C@H](NC(=O)OC4CCCC4)CC(=O)N3C2)c2ccc(OC)c(Cl)c21. The van der Waals surface area contributed by atoms with Crippen LogP contribution in [-0.4, -0.2) is 81.9 Å². The number of benzene rings is 1. The number of allylic oxidation sites excluding steroid dienone is 2. The van der Waals surface area contributed by atoms with Crippen LogP contribution >= 0.6 is 11.6 Å². The summed E-state index contributed by atoms with van der Waals surface area (Å²) in [6.45, 7) is 3.92. The first kappa shape index (κ1) is 36.3. The Hall–Kier alpha value is -4.52. The van der Waals surface area contributed by atoms with Crippen molar-refractivity contribution in [1.82, 2.24) is 20.1 Å². The number of nitrogens with one attached hydrogen (secondary N) is 2. The van der Waals surface area contributed by atoms with Crippen molar-refractivity contribution < 1.29 is 38.5 Å². The Kier molecular flexibility index (Phi) is 10.9. The summed E-state index contributed by atoms with van der Waals surface area (Å²) in [5.74, 6) is -1.94. The number of carboxylic acids is 1. The number of halogens is 1. The Morgan fingerprint density at radius 3 is 2.61 bits per heavy atom. The number of carbonyl (C=O) groups excluding carboxylic acids is 3. The smallest absolute Gasteiger partial charge is 0.407 e. The predicted octanol–water partition coefficient (Wildman–Crippen LogP) is 4.72. The molecule has 0 spiro atoms. The van der Waals surface area contributed by atoms with E-state index in [0.717, 1.165) is 32.1 Å². The number of carboxylic acid groups (broad SMARTS) is 1. The van der Waals surface area contributed by atoms with Crippen LogP contribution in [0.1, 0.15) is 70.6 Å². The summed E-state index contributed by atoms with van der Waals surface area (Å²) >= 11 is 6.69. The molecule has 6 rings (SSSR count). The van der Waals surface area contributed by atoms with Gasteiger partial charge in [0.15, 0.2) is 0 Å². The zero-order chi connectivity index (χ0) is 36.3. The quantitative estimate of drug-likeness (QED) is 0.327. The second-order valence-electron chi connectivity index (χ2n) is 13.9. The molecule has 2 saturated carbocycles. The highest BCUT2D eigenvalue weighted by Gasteiger charge is 2.61. The summed E-state index contributed by atoms with van der Waals surface area (Å²) in [4.78, 5) is 68.1. The third-order valence-corrected chi connectivity index (χ3v) is 10.8. The summed E-state index contributed by atoms with van der Waals surface area (Å²) in [7, 11) is 1.47. The van der Waals surface area contributed by atoms with Crippen LogP contribution < -0.4 is 25.7 Å². The molecule has 2 aliphatic carbocycles. The molecule has 0 bridgehead atoms. The monoisotopic (exact) mass is 724 g/mol. The first-order chi connectivity index (χ1) is 24.5. The number of alkyl carbamates (subject to hydrolysis) is 1. The van der Waals surface area contributed by atoms with Crippen LogP contribution in [0.15, 0.2) is 47.8 Å². The zero-order valence-electron chi connectivity index (χ0n) is 28.7. The normalized spacial score (nSPS) is 27.7. The molecule has 13 nitrogen and oxygen atoms in total. The van der Waals surface area contributed by atoms with Crippen LogP contribution in [0.5, 0.6) is 11.5 Å². The lowest BCUT2D eigenvalue weighted by molar-refractivity contribution is -0.145. The van der Waals surface area contributed by atoms with Crippen LogP contribution in [0.2, 0.25) is 5.02 Å². The summed E-state index contributed by atoms with van der Waals surface area (Å²) in [5, 5.41) is 16.5. The summed E-state index contributed by atoms with van der Waals surface area (Å²) < 4.78 is 18.9. The first-order valence-corrected chi connectivity index (χ1v) is 18.1. The van der Waals surface area contributed by atoms with E-state index in [9.17, 15) is 29.1 Å². The Labute approximate surface area is 300 Å². The lowest BCUT2D eigenvalue weighted by Gasteiger charge is -2.27. The van der Waals surface area contributed by atoms with E-state index >= 15 is 0 Å². The zero-order valence-corrected chi connectivity index (χ0v) is 29.5. The van der Waals surface area contributed by atoms with Crippen LogP contribution in [0.3, 0.4) is 0 Å². The molecule has 3 N–H and O–H groups in total. The highest BCUT2D eigenvalue weighted by Crippen LogP contribution is 2.45. The molecule has 3 fully saturated rings. The summed E-state index contributed by atoms with van der Waals surface area (Å²) in [6.07, 6.45) is 10.4. The van der Waals surface area contributed by atoms with E-state index in [1.165, 1.54) is 22.6 Å². The van der Waals surface area contributed by atoms with Crippen molar-refractivity contribution in [2.45, 2.75) is 107 Å². The van der Waals surface area contributed by atoms with Crippen molar-refractivity contribution in [3.05, 3.63) is 58.4 Å². The topological polar surface area (TPSA) is 166 Å². The van der Waals surface area contributed by atoms with Gasteiger partial charge in [-0.3, -0.25) is 14.4 Å². The van der Waals surface area contributed by atoms with Gasteiger partial charge < -0.3 is 39.4 Å². The molecule has 5 atom stereocenters. The van der Waals surface area contributed by atoms with Gasteiger partial charge in [0.05, 0.1) is 19.2 Å². The fourth-order valence-corrected chi connectivity index (χ4v) is 7.97. The van der Waals surface area contributed by atoms with Gasteiger partial charge in [0, 0.05) is 42.8 Å². The molecule has 1 saturated heterocycles. The number of hydrogen-bond donors (Lipinski definition) is 3. The van der Waals surface area contributed by atoms with E-state index in [1.54, 1.807) is 18.2 Å². The number of hydrogen-bond acceptors (Lipinski definition) is 8. The molecule has 274 valence electrons. The van der Waals surface area contributed by atoms with Gasteiger partial charge >= 0.3 is 12.1 Å². The molecule has 4 aliphatic rings. The van der Waals surface area contributed by atoms with Gasteiger partial charge in [0.2, 0.25) is 11.8 Å². The molecule has 51 heavy (non-hydrogen) atoms. The standard InChI is InChI=1S/C37H45ClN4O9/c1-3-16-41-31(44)19-29(26-14-15-28(49-2)32(38)33(26)41)50-25-18-27-34(45)40-37(35(46)47)20-22(37)10-6-4-5-7-11-23(17-30(43)42(27)21-25)39-36(48)51-24-12-8-9-13-24/h3,6,10,14-15,19,22-25,27H,1,4-5,7-9,11-13,16-18,20-21H2,2H3,(H,39,48)(H,40,45)(H,46,47)/b10-6-/t22-,23-,25+,27-,37+/m0/s1. The lowest BCUT2D eigenvalue weighted by atomic mass is 10.0. The Bertz CT molecular complexity index is 1790. The van der Waals surface area contributed by atoms with E-state index in [0.29, 0.717) is 35.9 Å². The molecule has 1 aromatic heterocycles. The molecule has 0 unspecified atom stereocenters. The van der Waals surface area contributed by atoms with Crippen LogP contribution in [-0.2, 0) is 25.7 Å². The van der Waals surface area contributed by atoms with Crippen molar-refractivity contribution in [2.24, 2.45) is 5.92 Å². The summed E-state index contributed by atoms with van der Waals surface area (Å²) in [5.41, 5.74) is -1.48. The maximum absolute atomic E-state index is 14.1. The number of rotatable bonds is 8. The predicted molar refractivity (Wildman–Crippen MR) is 189 cm³/mol. The van der Waals surface area contributed by atoms with Gasteiger partial charge in [-0.1, -0.05) is 36.2 Å². The number of ether oxygens (including phenoxy) is 3. The van der Waals surface area contributed by atoms with Crippen molar-refractivity contribution in [3.8, 4) is 11.5 Å². The number of pyridine rings is 1.